The van der Waals surface area contributed by atoms with Gasteiger partial charge in [-0.25, -0.2) is 9.97 Å². The molecule has 0 amide bonds. The van der Waals surface area contributed by atoms with Crippen molar-refractivity contribution < 1.29 is 5.11 Å². The maximum absolute atomic E-state index is 10.00. The first-order chi connectivity index (χ1) is 19.0. The largest absolute Gasteiger partial charge is 0.393 e. The second-order valence-corrected chi connectivity index (χ2v) is 11.3. The van der Waals surface area contributed by atoms with Crippen LogP contribution in [0, 0.1) is 0 Å². The van der Waals surface area contributed by atoms with Crippen LogP contribution in [-0.2, 0) is 6.54 Å². The Hall–Kier alpha value is -2.48. The summed E-state index contributed by atoms with van der Waals surface area (Å²) < 4.78 is 0. The summed E-state index contributed by atoms with van der Waals surface area (Å²) in [7, 11) is 0. The number of piperazine rings is 1. The molecule has 206 valence electrons. The van der Waals surface area contributed by atoms with Crippen molar-refractivity contribution in [1.29, 1.82) is 0 Å². The Morgan fingerprint density at radius 1 is 1.00 bits per heavy atom. The van der Waals surface area contributed by atoms with E-state index in [0.717, 1.165) is 97.7 Å². The van der Waals surface area contributed by atoms with Crippen molar-refractivity contribution in [3.8, 4) is 0 Å². The van der Waals surface area contributed by atoms with Gasteiger partial charge in [0.15, 0.2) is 0 Å². The number of hydrogen-bond donors (Lipinski definition) is 1. The van der Waals surface area contributed by atoms with Crippen LogP contribution in [0.15, 0.2) is 71.8 Å². The summed E-state index contributed by atoms with van der Waals surface area (Å²) in [6, 6.07) is 16.7. The van der Waals surface area contributed by atoms with Gasteiger partial charge < -0.3 is 10.0 Å². The standard InChI is InChI=1S/C31H37Cl2N5O/c1-2-24(32)6-5-9-29(23-10-12-25(33)13-11-23)37-20-18-36(19-21-37)22-30-34-28-8-4-3-7-27(28)31(35-30)38-16-14-26(39)15-17-38/h2-8,10-13,26,29,39H,9,14-22H2,1H3/b6-5-,24-2+. The first kappa shape index (κ1) is 28.1. The molecule has 1 N–H and O–H groups in total. The van der Waals surface area contributed by atoms with Crippen LogP contribution in [0.2, 0.25) is 5.02 Å². The van der Waals surface area contributed by atoms with E-state index in [0.29, 0.717) is 0 Å². The van der Waals surface area contributed by atoms with Crippen LogP contribution in [0.25, 0.3) is 10.9 Å². The molecule has 1 aromatic heterocycles. The van der Waals surface area contributed by atoms with Crippen LogP contribution >= 0.6 is 23.2 Å². The molecule has 0 bridgehead atoms. The third kappa shape index (κ3) is 7.19. The Morgan fingerprint density at radius 2 is 1.72 bits per heavy atom. The van der Waals surface area contributed by atoms with Crippen LogP contribution in [-0.4, -0.2) is 70.2 Å². The number of hydrogen-bond acceptors (Lipinski definition) is 6. The van der Waals surface area contributed by atoms with E-state index in [4.69, 9.17) is 33.2 Å². The number of aliphatic hydroxyl groups is 1. The minimum absolute atomic E-state index is 0.211. The fourth-order valence-electron chi connectivity index (χ4n) is 5.52. The number of aromatic nitrogens is 2. The normalized spacial score (nSPS) is 19.3. The summed E-state index contributed by atoms with van der Waals surface area (Å²) in [5.74, 6) is 1.86. The van der Waals surface area contributed by atoms with Gasteiger partial charge in [0, 0.05) is 60.8 Å². The van der Waals surface area contributed by atoms with Gasteiger partial charge in [0.05, 0.1) is 18.2 Å². The highest BCUT2D eigenvalue weighted by Crippen LogP contribution is 2.29. The van der Waals surface area contributed by atoms with E-state index < -0.39 is 0 Å². The number of para-hydroxylation sites is 1. The van der Waals surface area contributed by atoms with Gasteiger partial charge in [-0.05, 0) is 62.1 Å². The molecule has 2 aliphatic heterocycles. The quantitative estimate of drug-likeness (QED) is 0.328. The van der Waals surface area contributed by atoms with E-state index in [2.05, 4.69) is 45.0 Å². The number of fused-ring (bicyclic) bond motifs is 1. The Balaban J connectivity index is 1.28. The van der Waals surface area contributed by atoms with Gasteiger partial charge in [-0.1, -0.05) is 59.6 Å². The van der Waals surface area contributed by atoms with Crippen molar-refractivity contribution in [3.05, 3.63) is 88.2 Å². The topological polar surface area (TPSA) is 55.7 Å². The van der Waals surface area contributed by atoms with Crippen LogP contribution in [0.4, 0.5) is 5.82 Å². The van der Waals surface area contributed by atoms with Crippen molar-refractivity contribution in [2.45, 2.75) is 44.9 Å². The van der Waals surface area contributed by atoms with Gasteiger partial charge in [0.2, 0.25) is 0 Å². The Bertz CT molecular complexity index is 1300. The number of aliphatic hydroxyl groups excluding tert-OH is 1. The van der Waals surface area contributed by atoms with E-state index in [1.165, 1.54) is 5.56 Å². The molecule has 0 aliphatic carbocycles. The zero-order chi connectivity index (χ0) is 27.2. The van der Waals surface area contributed by atoms with Gasteiger partial charge in [-0.15, -0.1) is 0 Å². The lowest BCUT2D eigenvalue weighted by Crippen LogP contribution is -2.47. The third-order valence-corrected chi connectivity index (χ3v) is 8.37. The van der Waals surface area contributed by atoms with Gasteiger partial charge in [0.25, 0.3) is 0 Å². The molecule has 0 radical (unpaired) electrons. The van der Waals surface area contributed by atoms with Crippen molar-refractivity contribution in [2.24, 2.45) is 0 Å². The molecule has 3 heterocycles. The minimum Gasteiger partial charge on any atom is -0.393 e. The van der Waals surface area contributed by atoms with Crippen molar-refractivity contribution >= 4 is 39.9 Å². The molecule has 0 spiro atoms. The van der Waals surface area contributed by atoms with E-state index in [1.54, 1.807) is 0 Å². The van der Waals surface area contributed by atoms with Crippen molar-refractivity contribution in [3.63, 3.8) is 0 Å². The lowest BCUT2D eigenvalue weighted by molar-refractivity contribution is 0.0907. The fourth-order valence-corrected chi connectivity index (χ4v) is 5.73. The number of anilines is 1. The molecule has 2 saturated heterocycles. The molecular weight excluding hydrogens is 529 g/mol. The van der Waals surface area contributed by atoms with Gasteiger partial charge in [0.1, 0.15) is 11.6 Å². The maximum atomic E-state index is 10.00. The number of rotatable bonds is 8. The highest BCUT2D eigenvalue weighted by molar-refractivity contribution is 6.31. The molecule has 8 heteroatoms. The van der Waals surface area contributed by atoms with Crippen molar-refractivity contribution in [1.82, 2.24) is 19.8 Å². The molecule has 2 fully saturated rings. The average molecular weight is 567 g/mol. The molecule has 0 saturated carbocycles. The predicted octanol–water partition coefficient (Wildman–Crippen LogP) is 6.19. The molecule has 2 aliphatic rings. The van der Waals surface area contributed by atoms with Crippen LogP contribution in [0.5, 0.6) is 0 Å². The number of piperidine rings is 1. The van der Waals surface area contributed by atoms with Crippen LogP contribution in [0.3, 0.4) is 0 Å². The first-order valence-corrected chi connectivity index (χ1v) is 14.6. The van der Waals surface area contributed by atoms with E-state index >= 15 is 0 Å². The number of nitrogens with zero attached hydrogens (tertiary/aromatic N) is 5. The van der Waals surface area contributed by atoms with Gasteiger partial charge in [-0.3, -0.25) is 9.80 Å². The van der Waals surface area contributed by atoms with Gasteiger partial charge in [-0.2, -0.15) is 0 Å². The average Bonchev–Trinajstić information content (AvgIpc) is 2.96. The summed E-state index contributed by atoms with van der Waals surface area (Å²) in [4.78, 5) is 17.3. The second kappa shape index (κ2) is 13.2. The zero-order valence-corrected chi connectivity index (χ0v) is 24.0. The SMILES string of the molecule is C/C=C(Cl)\C=C/CC(c1ccc(Cl)cc1)N1CCN(Cc2nc(N3CCC(O)CC3)c3ccccc3n2)CC1. The number of benzene rings is 2. The lowest BCUT2D eigenvalue weighted by atomic mass is 10.0. The van der Waals surface area contributed by atoms with Crippen LogP contribution in [0.1, 0.15) is 43.6 Å². The molecule has 2 aromatic carbocycles. The summed E-state index contributed by atoms with van der Waals surface area (Å²) in [6.45, 7) is 8.13. The molecule has 1 unspecified atom stereocenters. The lowest BCUT2D eigenvalue weighted by Gasteiger charge is -2.39. The molecule has 3 aromatic rings. The van der Waals surface area contributed by atoms with E-state index in [9.17, 15) is 5.11 Å². The minimum atomic E-state index is -0.211. The molecule has 5 rings (SSSR count). The molecular formula is C31H37Cl2N5O. The molecule has 1 atom stereocenters. The summed E-state index contributed by atoms with van der Waals surface area (Å²) in [5.41, 5.74) is 2.25. The monoisotopic (exact) mass is 565 g/mol. The Kier molecular flexibility index (Phi) is 9.53. The van der Waals surface area contributed by atoms with E-state index in [-0.39, 0.29) is 12.1 Å². The van der Waals surface area contributed by atoms with Gasteiger partial charge >= 0.3 is 0 Å². The van der Waals surface area contributed by atoms with E-state index in [1.807, 2.05) is 43.3 Å². The first-order valence-electron chi connectivity index (χ1n) is 13.9. The maximum Gasteiger partial charge on any atom is 0.145 e. The highest BCUT2D eigenvalue weighted by Gasteiger charge is 2.26. The zero-order valence-electron chi connectivity index (χ0n) is 22.5. The smallest absolute Gasteiger partial charge is 0.145 e. The summed E-state index contributed by atoms with van der Waals surface area (Å²) in [5, 5.41) is 12.6. The highest BCUT2D eigenvalue weighted by atomic mass is 35.5. The third-order valence-electron chi connectivity index (χ3n) is 7.77. The summed E-state index contributed by atoms with van der Waals surface area (Å²) >= 11 is 12.4. The molecule has 39 heavy (non-hydrogen) atoms. The fraction of sp³-hybridized carbons (Fsp3) is 0.419. The van der Waals surface area contributed by atoms with Crippen LogP contribution < -0.4 is 4.90 Å². The summed E-state index contributed by atoms with van der Waals surface area (Å²) in [6.07, 6.45) is 8.28. The number of allylic oxidation sites excluding steroid dienone is 3. The molecule has 6 nitrogen and oxygen atoms in total. The number of halogens is 2. The Labute approximate surface area is 241 Å². The Morgan fingerprint density at radius 3 is 2.44 bits per heavy atom. The second-order valence-electron chi connectivity index (χ2n) is 10.4. The van der Waals surface area contributed by atoms with Crippen molar-refractivity contribution in [2.75, 3.05) is 44.2 Å². The predicted molar refractivity (Wildman–Crippen MR) is 161 cm³/mol.